The molecule has 0 spiro atoms. The van der Waals surface area contributed by atoms with E-state index < -0.39 is 19.0 Å². The lowest BCUT2D eigenvalue weighted by atomic mass is 10.1. The lowest BCUT2D eigenvalue weighted by Crippen LogP contribution is -2.14. The number of methoxy groups -OCH3 is 1. The van der Waals surface area contributed by atoms with E-state index in [-0.39, 0.29) is 12.2 Å². The van der Waals surface area contributed by atoms with E-state index in [0.29, 0.717) is 17.9 Å². The second-order valence-electron chi connectivity index (χ2n) is 4.14. The Kier molecular flexibility index (Phi) is 6.17. The van der Waals surface area contributed by atoms with Gasteiger partial charge in [0, 0.05) is 17.9 Å². The summed E-state index contributed by atoms with van der Waals surface area (Å²) in [5.74, 6) is -0.525. The van der Waals surface area contributed by atoms with Crippen molar-refractivity contribution in [3.8, 4) is 0 Å². The molecule has 0 aliphatic carbocycles. The standard InChI is InChI=1S/C13H18F2N2O3/c1-8-5-9(17-3-4-20-7-11(14)15)6-10(12(8)16)13(18)19-2/h5-6,11,17H,3-4,7,16H2,1-2H3. The summed E-state index contributed by atoms with van der Waals surface area (Å²) in [5, 5.41) is 2.97. The molecule has 0 atom stereocenters. The van der Waals surface area contributed by atoms with Gasteiger partial charge in [0.05, 0.1) is 19.3 Å². The van der Waals surface area contributed by atoms with Crippen molar-refractivity contribution in [2.45, 2.75) is 13.3 Å². The third-order valence-corrected chi connectivity index (χ3v) is 2.61. The molecule has 0 fully saturated rings. The van der Waals surface area contributed by atoms with Gasteiger partial charge in [-0.2, -0.15) is 0 Å². The normalized spacial score (nSPS) is 10.7. The van der Waals surface area contributed by atoms with Crippen LogP contribution in [0, 0.1) is 6.92 Å². The highest BCUT2D eigenvalue weighted by atomic mass is 19.3. The number of hydrogen-bond donors (Lipinski definition) is 2. The van der Waals surface area contributed by atoms with Gasteiger partial charge >= 0.3 is 5.97 Å². The third kappa shape index (κ3) is 4.65. The van der Waals surface area contributed by atoms with Crippen LogP contribution >= 0.6 is 0 Å². The molecule has 0 aliphatic heterocycles. The Labute approximate surface area is 116 Å². The number of rotatable bonds is 7. The van der Waals surface area contributed by atoms with Crippen molar-refractivity contribution in [1.82, 2.24) is 0 Å². The molecule has 0 bridgehead atoms. The van der Waals surface area contributed by atoms with E-state index in [4.69, 9.17) is 10.5 Å². The topological polar surface area (TPSA) is 73.6 Å². The Morgan fingerprint density at radius 3 is 2.75 bits per heavy atom. The average molecular weight is 288 g/mol. The van der Waals surface area contributed by atoms with Crippen molar-refractivity contribution in [2.24, 2.45) is 0 Å². The van der Waals surface area contributed by atoms with Gasteiger partial charge in [-0.25, -0.2) is 13.6 Å². The number of ether oxygens (including phenoxy) is 2. The zero-order valence-corrected chi connectivity index (χ0v) is 11.4. The van der Waals surface area contributed by atoms with E-state index in [1.54, 1.807) is 19.1 Å². The van der Waals surface area contributed by atoms with Crippen LogP contribution in [0.1, 0.15) is 15.9 Å². The predicted octanol–water partition coefficient (Wildman–Crippen LogP) is 2.06. The van der Waals surface area contributed by atoms with E-state index in [9.17, 15) is 13.6 Å². The van der Waals surface area contributed by atoms with Crippen LogP contribution in [0.4, 0.5) is 20.2 Å². The Morgan fingerprint density at radius 1 is 1.45 bits per heavy atom. The summed E-state index contributed by atoms with van der Waals surface area (Å²) in [6, 6.07) is 3.32. The zero-order chi connectivity index (χ0) is 15.1. The van der Waals surface area contributed by atoms with Gasteiger partial charge in [-0.15, -0.1) is 0 Å². The van der Waals surface area contributed by atoms with Crippen molar-refractivity contribution < 1.29 is 23.0 Å². The van der Waals surface area contributed by atoms with Crippen LogP contribution in [0.3, 0.4) is 0 Å². The van der Waals surface area contributed by atoms with E-state index in [0.717, 1.165) is 5.56 Å². The maximum atomic E-state index is 11.9. The zero-order valence-electron chi connectivity index (χ0n) is 11.4. The monoisotopic (exact) mass is 288 g/mol. The summed E-state index contributed by atoms with van der Waals surface area (Å²) in [6.07, 6.45) is -2.47. The number of carbonyl (C=O) groups excluding carboxylic acids is 1. The highest BCUT2D eigenvalue weighted by Crippen LogP contribution is 2.23. The first-order valence-corrected chi connectivity index (χ1v) is 6.04. The second kappa shape index (κ2) is 7.64. The maximum Gasteiger partial charge on any atom is 0.340 e. The molecule has 0 radical (unpaired) electrons. The molecule has 3 N–H and O–H groups in total. The maximum absolute atomic E-state index is 11.9. The van der Waals surface area contributed by atoms with Crippen molar-refractivity contribution >= 4 is 17.3 Å². The SMILES string of the molecule is COC(=O)c1cc(NCCOCC(F)F)cc(C)c1N. The number of anilines is 2. The minimum Gasteiger partial charge on any atom is -0.465 e. The Bertz CT molecular complexity index is 467. The molecule has 112 valence electrons. The first-order valence-electron chi connectivity index (χ1n) is 6.04. The summed E-state index contributed by atoms with van der Waals surface area (Å²) in [5.41, 5.74) is 7.80. The van der Waals surface area contributed by atoms with Gasteiger partial charge in [-0.3, -0.25) is 0 Å². The molecule has 0 heterocycles. The van der Waals surface area contributed by atoms with Crippen LogP contribution < -0.4 is 11.1 Å². The highest BCUT2D eigenvalue weighted by molar-refractivity contribution is 5.97. The van der Waals surface area contributed by atoms with Gasteiger partial charge in [-0.1, -0.05) is 0 Å². The molecule has 0 amide bonds. The number of alkyl halides is 2. The van der Waals surface area contributed by atoms with Crippen LogP contribution in [-0.2, 0) is 9.47 Å². The van der Waals surface area contributed by atoms with Gasteiger partial charge in [0.25, 0.3) is 6.43 Å². The smallest absolute Gasteiger partial charge is 0.340 e. The molecule has 0 aliphatic rings. The highest BCUT2D eigenvalue weighted by Gasteiger charge is 2.13. The molecule has 0 aromatic heterocycles. The molecule has 1 aromatic carbocycles. The molecule has 5 nitrogen and oxygen atoms in total. The second-order valence-corrected chi connectivity index (χ2v) is 4.14. The number of aryl methyl sites for hydroxylation is 1. The fraction of sp³-hybridized carbons (Fsp3) is 0.462. The fourth-order valence-electron chi connectivity index (χ4n) is 1.62. The fourth-order valence-corrected chi connectivity index (χ4v) is 1.62. The molecule has 0 saturated carbocycles. The van der Waals surface area contributed by atoms with Gasteiger partial charge < -0.3 is 20.5 Å². The largest absolute Gasteiger partial charge is 0.465 e. The van der Waals surface area contributed by atoms with Crippen molar-refractivity contribution in [2.75, 3.05) is 37.9 Å². The summed E-state index contributed by atoms with van der Waals surface area (Å²) < 4.78 is 33.1. The Balaban J connectivity index is 2.62. The van der Waals surface area contributed by atoms with Gasteiger partial charge in [0.2, 0.25) is 0 Å². The molecule has 0 unspecified atom stereocenters. The van der Waals surface area contributed by atoms with Crippen molar-refractivity contribution in [1.29, 1.82) is 0 Å². The molecule has 1 rings (SSSR count). The first kappa shape index (κ1) is 16.2. The van der Waals surface area contributed by atoms with Crippen LogP contribution in [-0.4, -0.2) is 39.3 Å². The van der Waals surface area contributed by atoms with Gasteiger partial charge in [0.15, 0.2) is 0 Å². The number of nitrogens with two attached hydrogens (primary N) is 1. The number of halogens is 2. The average Bonchev–Trinajstić information content (AvgIpc) is 2.40. The van der Waals surface area contributed by atoms with Gasteiger partial charge in [0.1, 0.15) is 6.61 Å². The molecule has 0 saturated heterocycles. The molecular formula is C13H18F2N2O3. The minimum absolute atomic E-state index is 0.140. The summed E-state index contributed by atoms with van der Waals surface area (Å²) in [6.45, 7) is 1.66. The summed E-state index contributed by atoms with van der Waals surface area (Å²) in [7, 11) is 1.27. The third-order valence-electron chi connectivity index (χ3n) is 2.61. The van der Waals surface area contributed by atoms with Crippen LogP contribution in [0.25, 0.3) is 0 Å². The lowest BCUT2D eigenvalue weighted by Gasteiger charge is -2.12. The molecule has 1 aromatic rings. The number of carbonyl (C=O) groups is 1. The van der Waals surface area contributed by atoms with Crippen molar-refractivity contribution in [3.05, 3.63) is 23.3 Å². The number of nitrogens with one attached hydrogen (secondary N) is 1. The van der Waals surface area contributed by atoms with Crippen molar-refractivity contribution in [3.63, 3.8) is 0 Å². The minimum atomic E-state index is -2.47. The number of nitrogen functional groups attached to an aromatic ring is 1. The van der Waals surface area contributed by atoms with E-state index in [2.05, 4.69) is 10.1 Å². The number of hydrogen-bond acceptors (Lipinski definition) is 5. The number of esters is 1. The predicted molar refractivity (Wildman–Crippen MR) is 72.2 cm³/mol. The van der Waals surface area contributed by atoms with Crippen LogP contribution in [0.15, 0.2) is 12.1 Å². The van der Waals surface area contributed by atoms with Gasteiger partial charge in [-0.05, 0) is 24.6 Å². The Hall–Kier alpha value is -1.89. The van der Waals surface area contributed by atoms with E-state index in [1.165, 1.54) is 7.11 Å². The first-order chi connectivity index (χ1) is 9.45. The molecular weight excluding hydrogens is 270 g/mol. The summed E-state index contributed by atoms with van der Waals surface area (Å²) in [4.78, 5) is 11.6. The summed E-state index contributed by atoms with van der Waals surface area (Å²) >= 11 is 0. The lowest BCUT2D eigenvalue weighted by molar-refractivity contribution is 0.0215. The van der Waals surface area contributed by atoms with Crippen LogP contribution in [0.2, 0.25) is 0 Å². The quantitative estimate of drug-likeness (QED) is 0.456. The molecule has 20 heavy (non-hydrogen) atoms. The van der Waals surface area contributed by atoms with Crippen LogP contribution in [0.5, 0.6) is 0 Å². The Morgan fingerprint density at radius 2 is 2.15 bits per heavy atom. The molecule has 7 heteroatoms. The van der Waals surface area contributed by atoms with E-state index >= 15 is 0 Å². The number of benzene rings is 1. The van der Waals surface area contributed by atoms with E-state index in [1.807, 2.05) is 0 Å².